The monoisotopic (exact) mass is 329 g/mol. The van der Waals surface area contributed by atoms with Crippen molar-refractivity contribution >= 4 is 12.1 Å². The maximum absolute atomic E-state index is 12.3. The van der Waals surface area contributed by atoms with E-state index in [0.717, 1.165) is 18.4 Å². The highest BCUT2D eigenvalue weighted by atomic mass is 16.5. The first-order valence-electron chi connectivity index (χ1n) is 8.48. The first-order chi connectivity index (χ1) is 11.6. The van der Waals surface area contributed by atoms with Gasteiger partial charge in [0.15, 0.2) is 0 Å². The van der Waals surface area contributed by atoms with Crippen LogP contribution in [0.15, 0.2) is 42.5 Å². The number of esters is 1. The van der Waals surface area contributed by atoms with Crippen molar-refractivity contribution in [3.05, 3.63) is 48.0 Å². The lowest BCUT2D eigenvalue weighted by molar-refractivity contribution is -0.152. The summed E-state index contributed by atoms with van der Waals surface area (Å²) in [6.45, 7) is 2.35. The molecule has 2 bridgehead atoms. The Morgan fingerprint density at radius 2 is 2.04 bits per heavy atom. The SMILES string of the molecule is CCOC(=O)C1CC2C=CC1(NC(=O)OCc1ccccc1)CC2. The van der Waals surface area contributed by atoms with Crippen LogP contribution in [0.5, 0.6) is 0 Å². The van der Waals surface area contributed by atoms with E-state index in [-0.39, 0.29) is 18.5 Å². The molecule has 1 amide bonds. The Kier molecular flexibility index (Phi) is 4.88. The summed E-state index contributed by atoms with van der Waals surface area (Å²) in [5.41, 5.74) is 0.240. The van der Waals surface area contributed by atoms with E-state index in [9.17, 15) is 9.59 Å². The number of nitrogens with one attached hydrogen (secondary N) is 1. The molecule has 0 heterocycles. The topological polar surface area (TPSA) is 64.6 Å². The number of carbonyl (C=O) groups is 2. The zero-order valence-electron chi connectivity index (χ0n) is 13.9. The third-order valence-corrected chi connectivity index (χ3v) is 4.87. The zero-order valence-corrected chi connectivity index (χ0v) is 13.9. The van der Waals surface area contributed by atoms with E-state index in [2.05, 4.69) is 11.4 Å². The molecule has 5 heteroatoms. The fourth-order valence-electron chi connectivity index (χ4n) is 3.60. The number of hydrogen-bond acceptors (Lipinski definition) is 4. The van der Waals surface area contributed by atoms with Gasteiger partial charge in [-0.1, -0.05) is 42.5 Å². The summed E-state index contributed by atoms with van der Waals surface area (Å²) in [6, 6.07) is 9.52. The van der Waals surface area contributed by atoms with Crippen molar-refractivity contribution in [2.45, 2.75) is 38.3 Å². The molecule has 3 aliphatic rings. The van der Waals surface area contributed by atoms with Gasteiger partial charge in [-0.3, -0.25) is 4.79 Å². The standard InChI is InChI=1S/C19H23NO4/c1-2-23-17(21)16-12-14-8-10-19(16,11-9-14)20-18(22)24-13-15-6-4-3-5-7-15/h3-8,10,14,16H,2,9,11-13H2,1H3,(H,20,22). The number of hydrogen-bond donors (Lipinski definition) is 1. The molecule has 0 aliphatic heterocycles. The summed E-state index contributed by atoms with van der Waals surface area (Å²) in [7, 11) is 0. The van der Waals surface area contributed by atoms with Gasteiger partial charge in [0.05, 0.1) is 18.1 Å². The summed E-state index contributed by atoms with van der Waals surface area (Å²) in [4.78, 5) is 24.6. The highest BCUT2D eigenvalue weighted by molar-refractivity contribution is 5.78. The number of benzene rings is 1. The van der Waals surface area contributed by atoms with Crippen LogP contribution in [0.4, 0.5) is 4.79 Å². The van der Waals surface area contributed by atoms with Crippen molar-refractivity contribution in [1.29, 1.82) is 0 Å². The first-order valence-corrected chi connectivity index (χ1v) is 8.48. The minimum absolute atomic E-state index is 0.208. The highest BCUT2D eigenvalue weighted by Gasteiger charge is 2.50. The van der Waals surface area contributed by atoms with Gasteiger partial charge in [0.1, 0.15) is 6.61 Å². The van der Waals surface area contributed by atoms with Crippen LogP contribution in [0.2, 0.25) is 0 Å². The average molecular weight is 329 g/mol. The van der Waals surface area contributed by atoms with Gasteiger partial charge < -0.3 is 14.8 Å². The van der Waals surface area contributed by atoms with E-state index >= 15 is 0 Å². The minimum Gasteiger partial charge on any atom is -0.466 e. The molecule has 3 aliphatic carbocycles. The van der Waals surface area contributed by atoms with Crippen LogP contribution in [-0.4, -0.2) is 24.2 Å². The number of rotatable bonds is 5. The van der Waals surface area contributed by atoms with E-state index in [4.69, 9.17) is 9.47 Å². The van der Waals surface area contributed by atoms with Crippen LogP contribution in [0.3, 0.4) is 0 Å². The Hall–Kier alpha value is -2.30. The Bertz CT molecular complexity index is 628. The van der Waals surface area contributed by atoms with Gasteiger partial charge in [0, 0.05) is 0 Å². The summed E-state index contributed by atoms with van der Waals surface area (Å²) >= 11 is 0. The van der Waals surface area contributed by atoms with Crippen LogP contribution in [0, 0.1) is 11.8 Å². The minimum atomic E-state index is -0.686. The van der Waals surface area contributed by atoms with Gasteiger partial charge in [-0.15, -0.1) is 0 Å². The number of alkyl carbamates (subject to hydrolysis) is 1. The molecule has 4 rings (SSSR count). The van der Waals surface area contributed by atoms with Crippen molar-refractivity contribution in [3.63, 3.8) is 0 Å². The maximum Gasteiger partial charge on any atom is 0.408 e. The summed E-state index contributed by atoms with van der Waals surface area (Å²) in [6.07, 6.45) is 5.96. The molecule has 5 nitrogen and oxygen atoms in total. The fraction of sp³-hybridized carbons (Fsp3) is 0.474. The van der Waals surface area contributed by atoms with Gasteiger partial charge >= 0.3 is 12.1 Å². The normalized spacial score (nSPS) is 27.5. The van der Waals surface area contributed by atoms with E-state index < -0.39 is 11.6 Å². The number of allylic oxidation sites excluding steroid dienone is 1. The molecule has 3 unspecified atom stereocenters. The number of fused-ring (bicyclic) bond motifs is 2. The maximum atomic E-state index is 12.3. The van der Waals surface area contributed by atoms with E-state index in [1.165, 1.54) is 0 Å². The largest absolute Gasteiger partial charge is 0.466 e. The van der Waals surface area contributed by atoms with Crippen LogP contribution >= 0.6 is 0 Å². The fourth-order valence-corrected chi connectivity index (χ4v) is 3.60. The molecule has 0 saturated heterocycles. The third-order valence-electron chi connectivity index (χ3n) is 4.87. The highest BCUT2D eigenvalue weighted by Crippen LogP contribution is 2.44. The lowest BCUT2D eigenvalue weighted by Gasteiger charge is -2.46. The summed E-state index contributed by atoms with van der Waals surface area (Å²) in [5.74, 6) is -0.191. The molecule has 1 saturated carbocycles. The van der Waals surface area contributed by atoms with Crippen molar-refractivity contribution in [2.24, 2.45) is 11.8 Å². The van der Waals surface area contributed by atoms with Crippen molar-refractivity contribution in [3.8, 4) is 0 Å². The predicted octanol–water partition coefficient (Wildman–Crippen LogP) is 3.20. The zero-order chi connectivity index (χ0) is 17.0. The molecule has 3 atom stereocenters. The Morgan fingerprint density at radius 3 is 2.71 bits per heavy atom. The van der Waals surface area contributed by atoms with Gasteiger partial charge in [0.2, 0.25) is 0 Å². The number of ether oxygens (including phenoxy) is 2. The molecule has 0 radical (unpaired) electrons. The quantitative estimate of drug-likeness (QED) is 0.665. The van der Waals surface area contributed by atoms with Gasteiger partial charge in [-0.05, 0) is 37.7 Å². The van der Waals surface area contributed by atoms with Crippen molar-refractivity contribution in [1.82, 2.24) is 5.32 Å². The molecule has 1 fully saturated rings. The summed E-state index contributed by atoms with van der Waals surface area (Å²) < 4.78 is 10.5. The van der Waals surface area contributed by atoms with Crippen LogP contribution in [-0.2, 0) is 20.9 Å². The van der Waals surface area contributed by atoms with Crippen LogP contribution < -0.4 is 5.32 Å². The molecular formula is C19H23NO4. The van der Waals surface area contributed by atoms with Crippen LogP contribution in [0.25, 0.3) is 0 Å². The third kappa shape index (κ3) is 3.45. The lowest BCUT2D eigenvalue weighted by atomic mass is 9.64. The Balaban J connectivity index is 1.66. The molecule has 0 aromatic heterocycles. The molecule has 0 spiro atoms. The second-order valence-electron chi connectivity index (χ2n) is 6.43. The predicted molar refractivity (Wildman–Crippen MR) is 89.1 cm³/mol. The molecule has 128 valence electrons. The Morgan fingerprint density at radius 1 is 1.25 bits per heavy atom. The second-order valence-corrected chi connectivity index (χ2v) is 6.43. The molecule has 1 aromatic carbocycles. The molecular weight excluding hydrogens is 306 g/mol. The molecule has 24 heavy (non-hydrogen) atoms. The smallest absolute Gasteiger partial charge is 0.408 e. The van der Waals surface area contributed by atoms with Gasteiger partial charge in [0.25, 0.3) is 0 Å². The van der Waals surface area contributed by atoms with Crippen molar-refractivity contribution < 1.29 is 19.1 Å². The molecule has 1 N–H and O–H groups in total. The van der Waals surface area contributed by atoms with E-state index in [0.29, 0.717) is 18.9 Å². The average Bonchev–Trinajstić information content (AvgIpc) is 2.61. The van der Waals surface area contributed by atoms with Crippen LogP contribution in [0.1, 0.15) is 31.7 Å². The number of carbonyl (C=O) groups excluding carboxylic acids is 2. The van der Waals surface area contributed by atoms with Crippen molar-refractivity contribution in [2.75, 3.05) is 6.61 Å². The summed E-state index contributed by atoms with van der Waals surface area (Å²) in [5, 5.41) is 2.93. The Labute approximate surface area is 142 Å². The lowest BCUT2D eigenvalue weighted by Crippen LogP contribution is -2.59. The first kappa shape index (κ1) is 16.6. The van der Waals surface area contributed by atoms with E-state index in [1.807, 2.05) is 36.4 Å². The van der Waals surface area contributed by atoms with E-state index in [1.54, 1.807) is 6.92 Å². The van der Waals surface area contributed by atoms with Gasteiger partial charge in [-0.2, -0.15) is 0 Å². The molecule has 1 aromatic rings. The van der Waals surface area contributed by atoms with Gasteiger partial charge in [-0.25, -0.2) is 4.79 Å². The second kappa shape index (κ2) is 7.07. The number of amides is 1.